The number of hydrogen-bond acceptors (Lipinski definition) is 11. The number of benzene rings is 2. The SMILES string of the molecule is CC(C)(C)[C@H](c1cc(-c2cc(F)ccc2F)cn1Cc1ccccc1)N(CCCN)C(O)CSCCC(=O)NCCNC(=O)CNC(=O)CC(SC[C@H](N)C(=O)O)C(=O)O. The van der Waals surface area contributed by atoms with Gasteiger partial charge in [-0.25, -0.2) is 8.78 Å². The molecule has 2 aromatic carbocycles. The van der Waals surface area contributed by atoms with Crippen LogP contribution in [0.15, 0.2) is 60.8 Å². The van der Waals surface area contributed by atoms with Gasteiger partial charge < -0.3 is 47.3 Å². The number of aliphatic hydroxyl groups excluding tert-OH is 1. The minimum absolute atomic E-state index is 0.0663. The summed E-state index contributed by atoms with van der Waals surface area (Å²) in [4.78, 5) is 61.2. The van der Waals surface area contributed by atoms with Gasteiger partial charge in [-0.1, -0.05) is 51.1 Å². The molecule has 0 saturated heterocycles. The Morgan fingerprint density at radius 1 is 0.900 bits per heavy atom. The first-order valence-corrected chi connectivity index (χ1v) is 21.7. The summed E-state index contributed by atoms with van der Waals surface area (Å²) in [6.07, 6.45) is 1.09. The van der Waals surface area contributed by atoms with Crippen LogP contribution in [0, 0.1) is 17.0 Å². The van der Waals surface area contributed by atoms with E-state index in [1.54, 1.807) is 0 Å². The Hall–Kier alpha value is -4.53. The second-order valence-corrected chi connectivity index (χ2v) is 17.5. The van der Waals surface area contributed by atoms with E-state index in [9.17, 15) is 38.6 Å². The zero-order valence-electron chi connectivity index (χ0n) is 34.1. The molecule has 3 aromatic rings. The van der Waals surface area contributed by atoms with Gasteiger partial charge in [-0.2, -0.15) is 11.8 Å². The lowest BCUT2D eigenvalue weighted by Crippen LogP contribution is -2.46. The van der Waals surface area contributed by atoms with Gasteiger partial charge in [0.15, 0.2) is 0 Å². The summed E-state index contributed by atoms with van der Waals surface area (Å²) < 4.78 is 31.5. The van der Waals surface area contributed by atoms with Crippen molar-refractivity contribution in [1.82, 2.24) is 25.4 Å². The Morgan fingerprint density at radius 2 is 1.58 bits per heavy atom. The number of nitrogens with zero attached hydrogens (tertiary/aromatic N) is 2. The molecule has 4 atom stereocenters. The Morgan fingerprint density at radius 3 is 2.22 bits per heavy atom. The largest absolute Gasteiger partial charge is 0.480 e. The highest BCUT2D eigenvalue weighted by Crippen LogP contribution is 2.42. The number of hydrogen-bond donors (Lipinski definition) is 8. The maximum atomic E-state index is 15.1. The Labute approximate surface area is 357 Å². The zero-order valence-corrected chi connectivity index (χ0v) is 35.7. The van der Waals surface area contributed by atoms with Crippen LogP contribution < -0.4 is 27.4 Å². The van der Waals surface area contributed by atoms with E-state index >= 15 is 4.39 Å². The fourth-order valence-corrected chi connectivity index (χ4v) is 8.20. The van der Waals surface area contributed by atoms with Crippen LogP contribution in [0.2, 0.25) is 0 Å². The fraction of sp³-hybridized carbons (Fsp3) is 0.488. The summed E-state index contributed by atoms with van der Waals surface area (Å²) >= 11 is 2.11. The molecule has 3 amide bonds. The number of carbonyl (C=O) groups excluding carboxylic acids is 3. The molecular formula is C41H57F2N7O8S2. The topological polar surface area (TPSA) is 242 Å². The Kier molecular flexibility index (Phi) is 20.5. The number of carboxylic acid groups (broad SMARTS) is 2. The van der Waals surface area contributed by atoms with Crippen molar-refractivity contribution in [2.75, 3.05) is 50.0 Å². The highest BCUT2D eigenvalue weighted by molar-refractivity contribution is 8.00. The molecule has 10 N–H and O–H groups in total. The number of amides is 3. The Bertz CT molecular complexity index is 1880. The van der Waals surface area contributed by atoms with Crippen LogP contribution in [0.25, 0.3) is 11.1 Å². The Balaban J connectivity index is 1.56. The smallest absolute Gasteiger partial charge is 0.321 e. The summed E-state index contributed by atoms with van der Waals surface area (Å²) in [6.45, 7) is 7.19. The molecule has 0 radical (unpaired) electrons. The van der Waals surface area contributed by atoms with E-state index in [1.165, 1.54) is 17.8 Å². The molecule has 0 bridgehead atoms. The number of nitrogens with one attached hydrogen (secondary N) is 3. The minimum atomic E-state index is -1.32. The van der Waals surface area contributed by atoms with Gasteiger partial charge in [-0.15, -0.1) is 11.8 Å². The van der Waals surface area contributed by atoms with E-state index in [2.05, 4.69) is 36.7 Å². The third kappa shape index (κ3) is 16.5. The molecule has 0 aliphatic rings. The van der Waals surface area contributed by atoms with Gasteiger partial charge >= 0.3 is 11.9 Å². The molecule has 0 aliphatic heterocycles. The summed E-state index contributed by atoms with van der Waals surface area (Å²) in [5.74, 6) is -4.84. The van der Waals surface area contributed by atoms with Gasteiger partial charge in [-0.3, -0.25) is 28.9 Å². The van der Waals surface area contributed by atoms with Crippen LogP contribution in [0.5, 0.6) is 0 Å². The molecule has 15 nitrogen and oxygen atoms in total. The van der Waals surface area contributed by atoms with Crippen molar-refractivity contribution in [3.8, 4) is 11.1 Å². The standard InChI is InChI=1S/C41H57F2N7O8S2/c1-41(2,3)38(32-18-27(29-19-28(42)10-11-30(29)43)23-49(32)22-26-8-5-4-6-9-26)50(16-7-13-44)37(54)25-59-17-12-34(51)46-14-15-47-36(53)21-48-35(52)20-33(40(57)58)60-24-31(45)39(55)56/h4-6,8-11,18-19,23,31,33,37-38,54H,7,12-17,20-22,24-25,44-45H2,1-3H3,(H,46,51)(H,47,53)(H,48,52)(H,55,56)(H,57,58)/t31-,33?,37?,38-/m0/s1. The average molecular weight is 878 g/mol. The highest BCUT2D eigenvalue weighted by Gasteiger charge is 2.37. The summed E-state index contributed by atoms with van der Waals surface area (Å²) in [7, 11) is 0. The van der Waals surface area contributed by atoms with Crippen molar-refractivity contribution in [2.24, 2.45) is 16.9 Å². The van der Waals surface area contributed by atoms with Gasteiger partial charge in [0.1, 0.15) is 29.2 Å². The number of halogens is 2. The molecule has 0 fully saturated rings. The molecule has 0 aliphatic carbocycles. The molecule has 1 heterocycles. The van der Waals surface area contributed by atoms with Crippen molar-refractivity contribution in [2.45, 2.75) is 70.1 Å². The summed E-state index contributed by atoms with van der Waals surface area (Å²) in [5, 5.41) is 36.2. The molecule has 330 valence electrons. The van der Waals surface area contributed by atoms with Crippen LogP contribution in [0.1, 0.15) is 57.3 Å². The van der Waals surface area contributed by atoms with Crippen molar-refractivity contribution in [1.29, 1.82) is 0 Å². The highest BCUT2D eigenvalue weighted by atomic mass is 32.2. The predicted molar refractivity (Wildman–Crippen MR) is 229 cm³/mol. The molecule has 2 unspecified atom stereocenters. The quantitative estimate of drug-likeness (QED) is 0.0428. The third-order valence-corrected chi connectivity index (χ3v) is 11.5. The number of aliphatic hydroxyl groups is 1. The minimum Gasteiger partial charge on any atom is -0.480 e. The van der Waals surface area contributed by atoms with E-state index < -0.39 is 77.3 Å². The summed E-state index contributed by atoms with van der Waals surface area (Å²) in [6, 6.07) is 13.3. The number of aliphatic carboxylic acids is 2. The van der Waals surface area contributed by atoms with E-state index in [1.807, 2.05) is 52.1 Å². The maximum Gasteiger partial charge on any atom is 0.321 e. The molecule has 0 saturated carbocycles. The third-order valence-electron chi connectivity index (χ3n) is 9.20. The molecule has 19 heteroatoms. The first-order chi connectivity index (χ1) is 28.4. The van der Waals surface area contributed by atoms with Crippen LogP contribution in [-0.2, 0) is 30.5 Å². The maximum absolute atomic E-state index is 15.1. The van der Waals surface area contributed by atoms with Crippen molar-refractivity contribution in [3.63, 3.8) is 0 Å². The first kappa shape index (κ1) is 49.8. The normalized spacial score (nSPS) is 13.6. The van der Waals surface area contributed by atoms with Gasteiger partial charge in [0.2, 0.25) is 17.7 Å². The van der Waals surface area contributed by atoms with Gasteiger partial charge in [-0.05, 0) is 48.2 Å². The first-order valence-electron chi connectivity index (χ1n) is 19.4. The van der Waals surface area contributed by atoms with E-state index in [4.69, 9.17) is 16.6 Å². The lowest BCUT2D eigenvalue weighted by molar-refractivity contribution is -0.139. The molecule has 0 spiro atoms. The van der Waals surface area contributed by atoms with Gasteiger partial charge in [0.05, 0.1) is 12.6 Å². The van der Waals surface area contributed by atoms with Crippen LogP contribution in [-0.4, -0.2) is 122 Å². The average Bonchev–Trinajstić information content (AvgIpc) is 3.59. The summed E-state index contributed by atoms with van der Waals surface area (Å²) in [5.41, 5.74) is 13.3. The van der Waals surface area contributed by atoms with E-state index in [-0.39, 0.29) is 42.5 Å². The van der Waals surface area contributed by atoms with Crippen molar-refractivity contribution < 1.29 is 48.1 Å². The molecule has 1 aromatic heterocycles. The fourth-order valence-electron chi connectivity index (χ4n) is 6.31. The lowest BCUT2D eigenvalue weighted by atomic mass is 9.82. The zero-order chi connectivity index (χ0) is 44.4. The number of thioether (sulfide) groups is 2. The predicted octanol–water partition coefficient (Wildman–Crippen LogP) is 3.00. The van der Waals surface area contributed by atoms with Gasteiger partial charge in [0.25, 0.3) is 0 Å². The molecule has 3 rings (SSSR count). The second-order valence-electron chi connectivity index (χ2n) is 15.1. The van der Waals surface area contributed by atoms with Crippen LogP contribution in [0.4, 0.5) is 8.78 Å². The lowest BCUT2D eigenvalue weighted by Gasteiger charge is -2.43. The number of aromatic nitrogens is 1. The number of rotatable bonds is 26. The van der Waals surface area contributed by atoms with E-state index in [0.29, 0.717) is 49.1 Å². The monoisotopic (exact) mass is 877 g/mol. The van der Waals surface area contributed by atoms with Crippen LogP contribution in [0.3, 0.4) is 0 Å². The second kappa shape index (κ2) is 24.7. The number of carboxylic acids is 2. The van der Waals surface area contributed by atoms with Gasteiger partial charge in [0, 0.05) is 79.3 Å². The van der Waals surface area contributed by atoms with E-state index in [0.717, 1.165) is 23.4 Å². The molecular weight excluding hydrogens is 821 g/mol. The molecule has 60 heavy (non-hydrogen) atoms. The van der Waals surface area contributed by atoms with Crippen LogP contribution >= 0.6 is 23.5 Å². The number of nitrogens with two attached hydrogens (primary N) is 2. The van der Waals surface area contributed by atoms with Crippen molar-refractivity contribution in [3.05, 3.63) is 83.7 Å². The van der Waals surface area contributed by atoms with Crippen molar-refractivity contribution >= 4 is 53.2 Å². The number of carbonyl (C=O) groups is 5.